The van der Waals surface area contributed by atoms with Gasteiger partial charge in [0.2, 0.25) is 0 Å². The van der Waals surface area contributed by atoms with Crippen molar-refractivity contribution in [2.75, 3.05) is 11.9 Å². The lowest BCUT2D eigenvalue weighted by Gasteiger charge is -2.29. The molecule has 1 atom stereocenters. The zero-order valence-electron chi connectivity index (χ0n) is 12.2. The molecule has 0 spiro atoms. The van der Waals surface area contributed by atoms with Crippen molar-refractivity contribution in [2.24, 2.45) is 0 Å². The predicted octanol–water partition coefficient (Wildman–Crippen LogP) is 3.11. The van der Waals surface area contributed by atoms with E-state index in [4.69, 9.17) is 5.11 Å². The Morgan fingerprint density at radius 2 is 2.14 bits per heavy atom. The summed E-state index contributed by atoms with van der Waals surface area (Å²) in [5.74, 6) is 0.703. The topological polar surface area (TPSA) is 88.3 Å². The quantitative estimate of drug-likeness (QED) is 0.630. The summed E-state index contributed by atoms with van der Waals surface area (Å²) in [5, 5.41) is 24.0. The second kappa shape index (κ2) is 6.05. The number of rotatable bonds is 6. The molecular formula is C15H19N3O3. The molecule has 0 radical (unpaired) electrons. The molecular weight excluding hydrogens is 270 g/mol. The largest absolute Gasteiger partial charge is 0.396 e. The molecule has 2 N–H and O–H groups in total. The second-order valence-electron chi connectivity index (χ2n) is 5.34. The Morgan fingerprint density at radius 1 is 1.38 bits per heavy atom. The van der Waals surface area contributed by atoms with E-state index in [-0.39, 0.29) is 17.8 Å². The fraction of sp³-hybridized carbons (Fsp3) is 0.400. The third-order valence-electron chi connectivity index (χ3n) is 3.76. The summed E-state index contributed by atoms with van der Waals surface area (Å²) in [6.45, 7) is 4.19. The summed E-state index contributed by atoms with van der Waals surface area (Å²) < 4.78 is 0. The number of aromatic nitrogens is 1. The van der Waals surface area contributed by atoms with Crippen molar-refractivity contribution < 1.29 is 10.0 Å². The van der Waals surface area contributed by atoms with Crippen LogP contribution in [-0.4, -0.2) is 27.2 Å². The summed E-state index contributed by atoms with van der Waals surface area (Å²) in [4.78, 5) is 14.8. The van der Waals surface area contributed by atoms with E-state index in [1.807, 2.05) is 19.9 Å². The number of fused-ring (bicyclic) bond motifs is 1. The van der Waals surface area contributed by atoms with Gasteiger partial charge in [-0.2, -0.15) is 0 Å². The van der Waals surface area contributed by atoms with Crippen LogP contribution in [0.3, 0.4) is 0 Å². The third-order valence-corrected chi connectivity index (χ3v) is 3.76. The molecule has 1 aromatic heterocycles. The highest BCUT2D eigenvalue weighted by Crippen LogP contribution is 2.24. The second-order valence-corrected chi connectivity index (χ2v) is 5.34. The van der Waals surface area contributed by atoms with Crippen LogP contribution in [0.4, 0.5) is 11.5 Å². The number of hydrogen-bond donors (Lipinski definition) is 2. The van der Waals surface area contributed by atoms with Crippen LogP contribution < -0.4 is 5.32 Å². The highest BCUT2D eigenvalue weighted by atomic mass is 16.6. The van der Waals surface area contributed by atoms with Gasteiger partial charge in [-0.1, -0.05) is 6.92 Å². The zero-order valence-corrected chi connectivity index (χ0v) is 12.2. The monoisotopic (exact) mass is 289 g/mol. The van der Waals surface area contributed by atoms with Gasteiger partial charge in [0, 0.05) is 29.7 Å². The third kappa shape index (κ3) is 3.46. The Labute approximate surface area is 123 Å². The average molecular weight is 289 g/mol. The number of hydrogen-bond acceptors (Lipinski definition) is 5. The van der Waals surface area contributed by atoms with Crippen molar-refractivity contribution in [1.29, 1.82) is 0 Å². The lowest BCUT2D eigenvalue weighted by Crippen LogP contribution is -2.35. The van der Waals surface area contributed by atoms with Crippen molar-refractivity contribution in [3.05, 3.63) is 40.4 Å². The Bertz CT molecular complexity index is 660. The molecule has 0 saturated heterocycles. The molecule has 6 nitrogen and oxygen atoms in total. The predicted molar refractivity (Wildman–Crippen MR) is 82.4 cm³/mol. The maximum atomic E-state index is 10.8. The SMILES string of the molecule is CCC(C)(CCO)Nc1ccc2cc([N+](=O)[O-])ccc2n1. The maximum Gasteiger partial charge on any atom is 0.270 e. The summed E-state index contributed by atoms with van der Waals surface area (Å²) in [6.07, 6.45) is 1.48. The van der Waals surface area contributed by atoms with Gasteiger partial charge in [-0.25, -0.2) is 4.98 Å². The number of nitrogens with zero attached hydrogens (tertiary/aromatic N) is 2. The van der Waals surface area contributed by atoms with E-state index in [9.17, 15) is 10.1 Å². The summed E-state index contributed by atoms with van der Waals surface area (Å²) in [6, 6.07) is 8.22. The lowest BCUT2D eigenvalue weighted by atomic mass is 9.95. The molecule has 0 aliphatic carbocycles. The van der Waals surface area contributed by atoms with Crippen LogP contribution in [-0.2, 0) is 0 Å². The molecule has 0 saturated carbocycles. The minimum absolute atomic E-state index is 0.0590. The highest BCUT2D eigenvalue weighted by molar-refractivity contribution is 5.82. The van der Waals surface area contributed by atoms with Crippen LogP contribution in [0.25, 0.3) is 10.9 Å². The molecule has 2 aromatic rings. The van der Waals surface area contributed by atoms with Crippen molar-refractivity contribution in [2.45, 2.75) is 32.2 Å². The fourth-order valence-corrected chi connectivity index (χ4v) is 2.18. The first-order valence-electron chi connectivity index (χ1n) is 6.92. The maximum absolute atomic E-state index is 10.8. The molecule has 21 heavy (non-hydrogen) atoms. The van der Waals surface area contributed by atoms with E-state index >= 15 is 0 Å². The average Bonchev–Trinajstić information content (AvgIpc) is 2.46. The summed E-state index contributed by atoms with van der Waals surface area (Å²) in [7, 11) is 0. The minimum Gasteiger partial charge on any atom is -0.396 e. The van der Waals surface area contributed by atoms with Crippen molar-refractivity contribution in [1.82, 2.24) is 4.98 Å². The summed E-state index contributed by atoms with van der Waals surface area (Å²) >= 11 is 0. The van der Waals surface area contributed by atoms with Gasteiger partial charge in [0.05, 0.1) is 10.4 Å². The standard InChI is InChI=1S/C15H19N3O3/c1-3-15(2,8-9-19)17-14-7-4-11-10-12(18(20)21)5-6-13(11)16-14/h4-7,10,19H,3,8-9H2,1-2H3,(H,16,17). The van der Waals surface area contributed by atoms with Gasteiger partial charge in [0.15, 0.2) is 0 Å². The van der Waals surface area contributed by atoms with Gasteiger partial charge in [0.25, 0.3) is 5.69 Å². The van der Waals surface area contributed by atoms with Crippen molar-refractivity contribution in [3.8, 4) is 0 Å². The van der Waals surface area contributed by atoms with Gasteiger partial charge < -0.3 is 10.4 Å². The van der Waals surface area contributed by atoms with Crippen LogP contribution in [0.15, 0.2) is 30.3 Å². The number of aliphatic hydroxyl groups is 1. The Kier molecular flexibility index (Phi) is 4.37. The van der Waals surface area contributed by atoms with E-state index in [1.54, 1.807) is 12.1 Å². The van der Waals surface area contributed by atoms with Gasteiger partial charge in [-0.05, 0) is 38.0 Å². The highest BCUT2D eigenvalue weighted by Gasteiger charge is 2.21. The number of benzene rings is 1. The number of anilines is 1. The molecule has 0 amide bonds. The molecule has 6 heteroatoms. The molecule has 1 heterocycles. The van der Waals surface area contributed by atoms with Crippen LogP contribution in [0.5, 0.6) is 0 Å². The number of aliphatic hydroxyl groups excluding tert-OH is 1. The van der Waals surface area contributed by atoms with Crippen LogP contribution >= 0.6 is 0 Å². The Morgan fingerprint density at radius 3 is 2.76 bits per heavy atom. The first kappa shape index (κ1) is 15.2. The normalized spacial score (nSPS) is 13.9. The Hall–Kier alpha value is -2.21. The smallest absolute Gasteiger partial charge is 0.270 e. The number of non-ortho nitro benzene ring substituents is 1. The molecule has 0 aliphatic rings. The van der Waals surface area contributed by atoms with E-state index < -0.39 is 4.92 Å². The molecule has 0 fully saturated rings. The lowest BCUT2D eigenvalue weighted by molar-refractivity contribution is -0.384. The Balaban J connectivity index is 2.31. The van der Waals surface area contributed by atoms with Gasteiger partial charge in [-0.3, -0.25) is 10.1 Å². The molecule has 2 rings (SSSR count). The molecule has 112 valence electrons. The van der Waals surface area contributed by atoms with Gasteiger partial charge in [-0.15, -0.1) is 0 Å². The van der Waals surface area contributed by atoms with E-state index in [0.29, 0.717) is 17.8 Å². The number of nitro groups is 1. The van der Waals surface area contributed by atoms with E-state index in [1.165, 1.54) is 12.1 Å². The minimum atomic E-state index is -0.416. The molecule has 0 aliphatic heterocycles. The van der Waals surface area contributed by atoms with E-state index in [2.05, 4.69) is 10.3 Å². The van der Waals surface area contributed by atoms with Crippen LogP contribution in [0.2, 0.25) is 0 Å². The van der Waals surface area contributed by atoms with Crippen LogP contribution in [0.1, 0.15) is 26.7 Å². The number of pyridine rings is 1. The van der Waals surface area contributed by atoms with E-state index in [0.717, 1.165) is 11.8 Å². The van der Waals surface area contributed by atoms with Gasteiger partial charge in [0.1, 0.15) is 5.82 Å². The first-order valence-corrected chi connectivity index (χ1v) is 6.92. The zero-order chi connectivity index (χ0) is 15.5. The van der Waals surface area contributed by atoms with Crippen LogP contribution in [0, 0.1) is 10.1 Å². The number of nitrogens with one attached hydrogen (secondary N) is 1. The molecule has 1 unspecified atom stereocenters. The molecule has 1 aromatic carbocycles. The molecule has 0 bridgehead atoms. The van der Waals surface area contributed by atoms with Gasteiger partial charge >= 0.3 is 0 Å². The first-order chi connectivity index (χ1) is 9.97. The summed E-state index contributed by atoms with van der Waals surface area (Å²) in [5.41, 5.74) is 0.535. The fourth-order valence-electron chi connectivity index (χ4n) is 2.18. The van der Waals surface area contributed by atoms with Crippen molar-refractivity contribution in [3.63, 3.8) is 0 Å². The van der Waals surface area contributed by atoms with Crippen molar-refractivity contribution >= 4 is 22.4 Å². The number of nitro benzene ring substituents is 1.